The van der Waals surface area contributed by atoms with Gasteiger partial charge in [-0.25, -0.2) is 4.79 Å². The van der Waals surface area contributed by atoms with Gasteiger partial charge in [-0.2, -0.15) is 0 Å². The quantitative estimate of drug-likeness (QED) is 0.571. The van der Waals surface area contributed by atoms with Gasteiger partial charge in [0.1, 0.15) is 0 Å². The molecule has 0 bridgehead atoms. The molecule has 0 aromatic rings. The van der Waals surface area contributed by atoms with Gasteiger partial charge in [0.05, 0.1) is 0 Å². The van der Waals surface area contributed by atoms with Crippen LogP contribution in [-0.2, 0) is 31.2 Å². The van der Waals surface area contributed by atoms with Crippen LogP contribution in [0.2, 0.25) is 0 Å². The Kier molecular flexibility index (Phi) is 7.27. The molecule has 0 saturated carbocycles. The Hall–Kier alpha value is 0.144. The van der Waals surface area contributed by atoms with Gasteiger partial charge in [-0.05, 0) is 6.92 Å². The van der Waals surface area contributed by atoms with E-state index in [1.165, 1.54) is 14.0 Å². The van der Waals surface area contributed by atoms with Crippen molar-refractivity contribution in [1.82, 2.24) is 0 Å². The molecule has 1 atom stereocenters. The van der Waals surface area contributed by atoms with Crippen molar-refractivity contribution in [3.8, 4) is 0 Å². The summed E-state index contributed by atoms with van der Waals surface area (Å²) >= 11 is 0. The standard InChI is InChI=1S/C4H8O3.Ti/c1-3(7-2)4(5)6;/h3H,1-2H3,(H,5,6);. The number of carboxylic acids is 1. The minimum absolute atomic E-state index is 0. The van der Waals surface area contributed by atoms with Gasteiger partial charge in [0, 0.05) is 28.8 Å². The van der Waals surface area contributed by atoms with Crippen LogP contribution in [0.4, 0.5) is 0 Å². The minimum atomic E-state index is -0.928. The largest absolute Gasteiger partial charge is 0.479 e. The van der Waals surface area contributed by atoms with Crippen LogP contribution in [0.5, 0.6) is 0 Å². The maximum absolute atomic E-state index is 9.81. The number of hydrogen-bond acceptors (Lipinski definition) is 2. The number of rotatable bonds is 2. The van der Waals surface area contributed by atoms with Crippen LogP contribution in [0.25, 0.3) is 0 Å². The second-order valence-corrected chi connectivity index (χ2v) is 1.22. The number of carbonyl (C=O) groups is 1. The second-order valence-electron chi connectivity index (χ2n) is 1.22. The Morgan fingerprint density at radius 1 is 1.75 bits per heavy atom. The van der Waals surface area contributed by atoms with Gasteiger partial charge in [0.15, 0.2) is 6.10 Å². The third kappa shape index (κ3) is 4.31. The van der Waals surface area contributed by atoms with Crippen molar-refractivity contribution < 1.29 is 36.4 Å². The summed E-state index contributed by atoms with van der Waals surface area (Å²) in [4.78, 5) is 9.81. The fraction of sp³-hybridized carbons (Fsp3) is 0.750. The zero-order chi connectivity index (χ0) is 5.86. The summed E-state index contributed by atoms with van der Waals surface area (Å²) in [5, 5.41) is 8.06. The molecule has 0 heterocycles. The van der Waals surface area contributed by atoms with Crippen LogP contribution in [0.3, 0.4) is 0 Å². The molecule has 0 aliphatic heterocycles. The molecule has 8 heavy (non-hydrogen) atoms. The van der Waals surface area contributed by atoms with Crippen molar-refractivity contribution in [2.24, 2.45) is 0 Å². The molecular weight excluding hydrogens is 144 g/mol. The molecule has 0 rings (SSSR count). The van der Waals surface area contributed by atoms with Crippen molar-refractivity contribution >= 4 is 5.97 Å². The van der Waals surface area contributed by atoms with Gasteiger partial charge < -0.3 is 9.84 Å². The average Bonchev–Trinajstić information content (AvgIpc) is 1.65. The van der Waals surface area contributed by atoms with Crippen molar-refractivity contribution in [2.75, 3.05) is 7.11 Å². The van der Waals surface area contributed by atoms with E-state index in [4.69, 9.17) is 5.11 Å². The van der Waals surface area contributed by atoms with Crippen molar-refractivity contribution in [1.29, 1.82) is 0 Å². The monoisotopic (exact) mass is 152 g/mol. The van der Waals surface area contributed by atoms with Gasteiger partial charge in [0.25, 0.3) is 0 Å². The predicted octanol–water partition coefficient (Wildman–Crippen LogP) is 0.103. The first-order valence-corrected chi connectivity index (χ1v) is 1.94. The number of hydrogen-bond donors (Lipinski definition) is 1. The first kappa shape index (κ1) is 11.0. The van der Waals surface area contributed by atoms with Crippen LogP contribution < -0.4 is 0 Å². The molecule has 4 heteroatoms. The smallest absolute Gasteiger partial charge is 0.332 e. The predicted molar refractivity (Wildman–Crippen MR) is 24.1 cm³/mol. The molecule has 0 aliphatic rings. The van der Waals surface area contributed by atoms with Gasteiger partial charge in [0.2, 0.25) is 0 Å². The molecule has 0 saturated heterocycles. The maximum Gasteiger partial charge on any atom is 0.332 e. The van der Waals surface area contributed by atoms with Crippen LogP contribution >= 0.6 is 0 Å². The first-order chi connectivity index (χ1) is 3.18. The molecule has 1 unspecified atom stereocenters. The second kappa shape index (κ2) is 5.28. The molecule has 0 aliphatic carbocycles. The summed E-state index contributed by atoms with van der Waals surface area (Å²) in [6.07, 6.45) is -0.681. The maximum atomic E-state index is 9.81. The molecular formula is C4H8O3Ti. The van der Waals surface area contributed by atoms with Crippen LogP contribution in [0.15, 0.2) is 0 Å². The number of carboxylic acid groups (broad SMARTS) is 1. The molecule has 0 fully saturated rings. The Morgan fingerprint density at radius 3 is 2.12 bits per heavy atom. The fourth-order valence-corrected chi connectivity index (χ4v) is 0.101. The average molecular weight is 152 g/mol. The number of aliphatic carboxylic acids is 1. The van der Waals surface area contributed by atoms with E-state index < -0.39 is 12.1 Å². The first-order valence-electron chi connectivity index (χ1n) is 1.94. The van der Waals surface area contributed by atoms with E-state index in [1.54, 1.807) is 0 Å². The van der Waals surface area contributed by atoms with Gasteiger partial charge in [-0.1, -0.05) is 0 Å². The van der Waals surface area contributed by atoms with Gasteiger partial charge in [-0.3, -0.25) is 0 Å². The fourth-order valence-electron chi connectivity index (χ4n) is 0.101. The van der Waals surface area contributed by atoms with E-state index in [2.05, 4.69) is 4.74 Å². The topological polar surface area (TPSA) is 46.5 Å². The molecule has 0 radical (unpaired) electrons. The molecule has 0 aromatic carbocycles. The summed E-state index contributed by atoms with van der Waals surface area (Å²) in [6, 6.07) is 0. The molecule has 3 nitrogen and oxygen atoms in total. The molecule has 0 spiro atoms. The minimum Gasteiger partial charge on any atom is -0.479 e. The molecule has 46 valence electrons. The van der Waals surface area contributed by atoms with Crippen LogP contribution in [0, 0.1) is 0 Å². The molecule has 0 amide bonds. The molecule has 0 aromatic heterocycles. The van der Waals surface area contributed by atoms with E-state index in [-0.39, 0.29) is 21.7 Å². The molecule has 1 N–H and O–H groups in total. The SMILES string of the molecule is COC(C)C(=O)O.[Ti]. The van der Waals surface area contributed by atoms with Crippen LogP contribution in [0.1, 0.15) is 6.92 Å². The van der Waals surface area contributed by atoms with E-state index in [0.29, 0.717) is 0 Å². The Balaban J connectivity index is 0. The van der Waals surface area contributed by atoms with E-state index in [9.17, 15) is 4.79 Å². The summed E-state index contributed by atoms with van der Waals surface area (Å²) in [5.41, 5.74) is 0. The van der Waals surface area contributed by atoms with Crippen molar-refractivity contribution in [3.63, 3.8) is 0 Å². The Labute approximate surface area is 62.9 Å². The van der Waals surface area contributed by atoms with Gasteiger partial charge >= 0.3 is 5.97 Å². The van der Waals surface area contributed by atoms with E-state index in [0.717, 1.165) is 0 Å². The van der Waals surface area contributed by atoms with Crippen molar-refractivity contribution in [3.05, 3.63) is 0 Å². The number of ether oxygens (including phenoxy) is 1. The Morgan fingerprint density at radius 2 is 2.12 bits per heavy atom. The van der Waals surface area contributed by atoms with E-state index >= 15 is 0 Å². The summed E-state index contributed by atoms with van der Waals surface area (Å²) < 4.78 is 4.41. The zero-order valence-electron chi connectivity index (χ0n) is 4.84. The third-order valence-corrected chi connectivity index (χ3v) is 0.701. The summed E-state index contributed by atoms with van der Waals surface area (Å²) in [5.74, 6) is -0.928. The summed E-state index contributed by atoms with van der Waals surface area (Å²) in [6.45, 7) is 1.47. The summed E-state index contributed by atoms with van der Waals surface area (Å²) in [7, 11) is 1.36. The number of methoxy groups -OCH3 is 1. The van der Waals surface area contributed by atoms with E-state index in [1.807, 2.05) is 0 Å². The third-order valence-electron chi connectivity index (χ3n) is 0.701. The zero-order valence-corrected chi connectivity index (χ0v) is 6.40. The normalized spacial score (nSPS) is 11.8. The van der Waals surface area contributed by atoms with Crippen LogP contribution in [-0.4, -0.2) is 24.3 Å². The Bertz CT molecular complexity index is 73.7. The van der Waals surface area contributed by atoms with Gasteiger partial charge in [-0.15, -0.1) is 0 Å². The van der Waals surface area contributed by atoms with Crippen molar-refractivity contribution in [2.45, 2.75) is 13.0 Å².